The van der Waals surface area contributed by atoms with Gasteiger partial charge in [0.05, 0.1) is 0 Å². The molecule has 0 atom stereocenters. The second kappa shape index (κ2) is 9.08. The van der Waals surface area contributed by atoms with Gasteiger partial charge in [-0.05, 0) is 45.5 Å². The fourth-order valence-electron chi connectivity index (χ4n) is 2.75. The van der Waals surface area contributed by atoms with E-state index in [0.717, 1.165) is 10.4 Å². The lowest BCUT2D eigenvalue weighted by atomic mass is 10.0. The summed E-state index contributed by atoms with van der Waals surface area (Å²) in [5, 5.41) is 6.94. The van der Waals surface area contributed by atoms with Gasteiger partial charge in [-0.1, -0.05) is 101 Å². The highest BCUT2D eigenvalue weighted by Gasteiger charge is 1.97. The Labute approximate surface area is 146 Å². The third-order valence-corrected chi connectivity index (χ3v) is 3.84. The van der Waals surface area contributed by atoms with E-state index in [1.165, 1.54) is 32.3 Å². The van der Waals surface area contributed by atoms with Crippen LogP contribution < -0.4 is 10.4 Å². The fourth-order valence-corrected chi connectivity index (χ4v) is 2.75. The second-order valence-electron chi connectivity index (χ2n) is 5.48. The molecule has 0 bridgehead atoms. The van der Waals surface area contributed by atoms with Crippen molar-refractivity contribution in [3.8, 4) is 0 Å². The van der Waals surface area contributed by atoms with E-state index in [4.69, 9.17) is 0 Å². The van der Waals surface area contributed by atoms with Crippen molar-refractivity contribution in [2.24, 2.45) is 0 Å². The predicted molar refractivity (Wildman–Crippen MR) is 111 cm³/mol. The number of rotatable bonds is 0. The highest BCUT2D eigenvalue weighted by molar-refractivity contribution is 5.83. The molecule has 0 spiro atoms. The molecule has 0 aliphatic carbocycles. The number of aryl methyl sites for hydroxylation is 2. The Morgan fingerprint density at radius 3 is 1.79 bits per heavy atom. The van der Waals surface area contributed by atoms with Crippen molar-refractivity contribution in [3.05, 3.63) is 80.5 Å². The van der Waals surface area contributed by atoms with Crippen LogP contribution in [0.2, 0.25) is 0 Å². The first-order chi connectivity index (χ1) is 11.6. The average Bonchev–Trinajstić information content (AvgIpc) is 2.59. The molecule has 0 heterocycles. The van der Waals surface area contributed by atoms with Gasteiger partial charge in [0.1, 0.15) is 0 Å². The molecule has 0 aliphatic rings. The van der Waals surface area contributed by atoms with E-state index in [2.05, 4.69) is 75.5 Å². The molecular formula is C24H30. The van der Waals surface area contributed by atoms with Crippen LogP contribution in [-0.2, 0) is 0 Å². The van der Waals surface area contributed by atoms with E-state index in [1.54, 1.807) is 0 Å². The number of fused-ring (bicyclic) bond motifs is 1. The Kier molecular flexibility index (Phi) is 7.45. The number of hydrogen-bond donors (Lipinski definition) is 0. The van der Waals surface area contributed by atoms with Gasteiger partial charge >= 0.3 is 0 Å². The molecule has 0 aliphatic heterocycles. The summed E-state index contributed by atoms with van der Waals surface area (Å²) in [7, 11) is 0. The zero-order valence-electron chi connectivity index (χ0n) is 16.0. The Balaban J connectivity index is 0.000000671. The smallest absolute Gasteiger partial charge is 0.0105 e. The zero-order chi connectivity index (χ0) is 18.3. The first-order valence-corrected chi connectivity index (χ1v) is 8.84. The topological polar surface area (TPSA) is 0 Å². The van der Waals surface area contributed by atoms with Gasteiger partial charge in [-0.25, -0.2) is 0 Å². The fraction of sp³-hybridized carbons (Fsp3) is 0.250. The maximum absolute atomic E-state index is 4.29. The van der Waals surface area contributed by atoms with Gasteiger partial charge in [0.2, 0.25) is 0 Å². The maximum Gasteiger partial charge on any atom is -0.0105 e. The van der Waals surface area contributed by atoms with Crippen LogP contribution in [0.3, 0.4) is 0 Å². The van der Waals surface area contributed by atoms with Gasteiger partial charge in [-0.2, -0.15) is 0 Å². The molecule has 0 amide bonds. The van der Waals surface area contributed by atoms with Crippen LogP contribution in [0, 0.1) is 24.3 Å². The minimum atomic E-state index is 1.06. The lowest BCUT2D eigenvalue weighted by Crippen LogP contribution is -2.08. The third-order valence-electron chi connectivity index (χ3n) is 3.84. The Bertz CT molecular complexity index is 995. The Morgan fingerprint density at radius 1 is 0.625 bits per heavy atom. The summed E-state index contributed by atoms with van der Waals surface area (Å²) in [6, 6.07) is 17.2. The van der Waals surface area contributed by atoms with E-state index in [-0.39, 0.29) is 0 Å². The summed E-state index contributed by atoms with van der Waals surface area (Å²) in [6.45, 7) is 20.7. The molecule has 0 saturated heterocycles. The summed E-state index contributed by atoms with van der Waals surface area (Å²) in [4.78, 5) is 0. The van der Waals surface area contributed by atoms with E-state index in [1.807, 2.05) is 27.7 Å². The summed E-state index contributed by atoms with van der Waals surface area (Å²) >= 11 is 0. The molecule has 0 radical (unpaired) electrons. The lowest BCUT2D eigenvalue weighted by molar-refractivity contribution is 1.37. The molecule has 0 fully saturated rings. The van der Waals surface area contributed by atoms with Crippen molar-refractivity contribution in [2.75, 3.05) is 0 Å². The molecule has 126 valence electrons. The van der Waals surface area contributed by atoms with Crippen LogP contribution in [0.1, 0.15) is 38.8 Å². The molecule has 0 N–H and O–H groups in total. The largest absolute Gasteiger partial charge is 0.0911 e. The third kappa shape index (κ3) is 4.14. The monoisotopic (exact) mass is 318 g/mol. The molecular weight excluding hydrogens is 288 g/mol. The minimum absolute atomic E-state index is 1.06. The Morgan fingerprint density at radius 2 is 1.17 bits per heavy atom. The van der Waals surface area contributed by atoms with Crippen LogP contribution in [0.4, 0.5) is 0 Å². The van der Waals surface area contributed by atoms with Crippen molar-refractivity contribution in [1.82, 2.24) is 0 Å². The summed E-state index contributed by atoms with van der Waals surface area (Å²) in [5.74, 6) is 0. The molecule has 0 heteroatoms. The molecule has 0 unspecified atom stereocenters. The highest BCUT2D eigenvalue weighted by Crippen LogP contribution is 2.12. The lowest BCUT2D eigenvalue weighted by Gasteiger charge is -2.02. The van der Waals surface area contributed by atoms with E-state index >= 15 is 0 Å². The number of hydrogen-bond acceptors (Lipinski definition) is 0. The van der Waals surface area contributed by atoms with Crippen molar-refractivity contribution >= 4 is 23.9 Å². The highest BCUT2D eigenvalue weighted by atomic mass is 14.0. The van der Waals surface area contributed by atoms with Crippen molar-refractivity contribution < 1.29 is 0 Å². The molecule has 0 nitrogen and oxygen atoms in total. The molecule has 3 aromatic carbocycles. The van der Waals surface area contributed by atoms with Crippen molar-refractivity contribution in [1.29, 1.82) is 0 Å². The standard InChI is InChI=1S/C20H18.2C2H6/c1-13-5-8-18(15(3)11-13)20-10-7-17-12-14(2)6-9-19(17)16(20)4;2*1-2/h5-12H,3-4H2,1-2H3;2*1-2H3/b20-18-;;. The summed E-state index contributed by atoms with van der Waals surface area (Å²) < 4.78 is 0. The normalized spacial score (nSPS) is 11.1. The SMILES string of the molecule is C=c1cc(C)cc/c1=c1\ccc2cc(C)ccc2c1=C.CC.CC. The van der Waals surface area contributed by atoms with Gasteiger partial charge in [0.15, 0.2) is 0 Å². The minimum Gasteiger partial charge on any atom is -0.0911 e. The van der Waals surface area contributed by atoms with Gasteiger partial charge in [0, 0.05) is 0 Å². The average molecular weight is 319 g/mol. The molecule has 0 saturated carbocycles. The molecule has 24 heavy (non-hydrogen) atoms. The predicted octanol–water partition coefficient (Wildman–Crippen LogP) is 5.62. The maximum atomic E-state index is 4.29. The van der Waals surface area contributed by atoms with E-state index in [0.29, 0.717) is 0 Å². The molecule has 0 aromatic heterocycles. The van der Waals surface area contributed by atoms with Gasteiger partial charge in [0.25, 0.3) is 0 Å². The van der Waals surface area contributed by atoms with Gasteiger partial charge < -0.3 is 0 Å². The van der Waals surface area contributed by atoms with Gasteiger partial charge in [-0.15, -0.1) is 0 Å². The number of benzene rings is 3. The van der Waals surface area contributed by atoms with Crippen molar-refractivity contribution in [3.63, 3.8) is 0 Å². The molecule has 3 aromatic rings. The van der Waals surface area contributed by atoms with Crippen LogP contribution in [0.15, 0.2) is 48.5 Å². The summed E-state index contributed by atoms with van der Waals surface area (Å²) in [6.07, 6.45) is 0. The first kappa shape index (κ1) is 19.7. The molecule has 3 rings (SSSR count). The van der Waals surface area contributed by atoms with Crippen molar-refractivity contribution in [2.45, 2.75) is 41.5 Å². The van der Waals surface area contributed by atoms with Crippen LogP contribution in [-0.4, -0.2) is 0 Å². The summed E-state index contributed by atoms with van der Waals surface area (Å²) in [5.41, 5.74) is 2.51. The van der Waals surface area contributed by atoms with Crippen LogP contribution in [0.5, 0.6) is 0 Å². The van der Waals surface area contributed by atoms with Crippen LogP contribution >= 0.6 is 0 Å². The second-order valence-corrected chi connectivity index (χ2v) is 5.48. The zero-order valence-corrected chi connectivity index (χ0v) is 16.0. The quantitative estimate of drug-likeness (QED) is 0.505. The first-order valence-electron chi connectivity index (χ1n) is 8.84. The van der Waals surface area contributed by atoms with E-state index < -0.39 is 0 Å². The van der Waals surface area contributed by atoms with Crippen LogP contribution in [0.25, 0.3) is 23.9 Å². The Hall–Kier alpha value is -2.34. The van der Waals surface area contributed by atoms with Gasteiger partial charge in [-0.3, -0.25) is 0 Å². The van der Waals surface area contributed by atoms with E-state index in [9.17, 15) is 0 Å².